The molecule has 1 saturated heterocycles. The smallest absolute Gasteiger partial charge is 0.273 e. The van der Waals surface area contributed by atoms with Crippen LogP contribution in [-0.2, 0) is 4.79 Å². The lowest BCUT2D eigenvalue weighted by Crippen LogP contribution is -2.47. The van der Waals surface area contributed by atoms with Gasteiger partial charge in [0.2, 0.25) is 5.91 Å². The van der Waals surface area contributed by atoms with E-state index in [1.807, 2.05) is 44.3 Å². The summed E-state index contributed by atoms with van der Waals surface area (Å²) in [6.45, 7) is 2.60. The van der Waals surface area contributed by atoms with Crippen LogP contribution in [0.15, 0.2) is 54.7 Å². The van der Waals surface area contributed by atoms with E-state index < -0.39 is 6.04 Å². The normalized spacial score (nSPS) is 18.0. The number of amides is 2. The van der Waals surface area contributed by atoms with Gasteiger partial charge in [0.25, 0.3) is 5.91 Å². The Kier molecular flexibility index (Phi) is 5.12. The summed E-state index contributed by atoms with van der Waals surface area (Å²) >= 11 is 0. The number of likely N-dealkylation sites (N-methyl/N-ethyl adjacent to an activating group) is 1. The number of hydrogen-bond donors (Lipinski definition) is 0. The molecule has 0 saturated carbocycles. The third kappa shape index (κ3) is 3.55. The number of carbonyl (C=O) groups is 2. The molecule has 0 aliphatic carbocycles. The third-order valence-electron chi connectivity index (χ3n) is 4.89. The van der Waals surface area contributed by atoms with E-state index in [0.29, 0.717) is 18.7 Å². The molecule has 2 heterocycles. The van der Waals surface area contributed by atoms with Crippen molar-refractivity contribution in [2.75, 3.05) is 13.6 Å². The zero-order valence-corrected chi connectivity index (χ0v) is 14.6. The molecule has 1 unspecified atom stereocenters. The lowest BCUT2D eigenvalue weighted by molar-refractivity contribution is -0.135. The Hall–Kier alpha value is -2.69. The van der Waals surface area contributed by atoms with Crippen LogP contribution in [0.2, 0.25) is 0 Å². The van der Waals surface area contributed by atoms with Gasteiger partial charge in [-0.25, -0.2) is 0 Å². The summed E-state index contributed by atoms with van der Waals surface area (Å²) in [6.07, 6.45) is 3.13. The second kappa shape index (κ2) is 7.47. The first-order valence-electron chi connectivity index (χ1n) is 8.63. The van der Waals surface area contributed by atoms with Crippen molar-refractivity contribution >= 4 is 11.8 Å². The SMILES string of the molecule is CC(c1ccccc1)N(C)C(=O)[C@@H]1CCCN1C(=O)c1ccccn1. The van der Waals surface area contributed by atoms with Gasteiger partial charge in [-0.3, -0.25) is 14.6 Å². The largest absolute Gasteiger partial charge is 0.337 e. The first-order chi connectivity index (χ1) is 12.1. The second-order valence-electron chi connectivity index (χ2n) is 6.41. The molecule has 2 aromatic rings. The van der Waals surface area contributed by atoms with Crippen LogP contribution in [0.3, 0.4) is 0 Å². The number of rotatable bonds is 4. The number of pyridine rings is 1. The predicted octanol–water partition coefficient (Wildman–Crippen LogP) is 2.91. The summed E-state index contributed by atoms with van der Waals surface area (Å²) < 4.78 is 0. The van der Waals surface area contributed by atoms with Gasteiger partial charge in [-0.2, -0.15) is 0 Å². The van der Waals surface area contributed by atoms with E-state index in [0.717, 1.165) is 12.0 Å². The highest BCUT2D eigenvalue weighted by Gasteiger charge is 2.37. The molecule has 0 spiro atoms. The maximum absolute atomic E-state index is 13.0. The fourth-order valence-electron chi connectivity index (χ4n) is 3.28. The summed E-state index contributed by atoms with van der Waals surface area (Å²) in [4.78, 5) is 33.3. The lowest BCUT2D eigenvalue weighted by Gasteiger charge is -2.31. The first kappa shape index (κ1) is 17.1. The minimum absolute atomic E-state index is 0.0156. The molecule has 2 atom stereocenters. The molecular formula is C20H23N3O2. The summed E-state index contributed by atoms with van der Waals surface area (Å²) in [5.41, 5.74) is 1.47. The topological polar surface area (TPSA) is 53.5 Å². The maximum atomic E-state index is 13.0. The maximum Gasteiger partial charge on any atom is 0.273 e. The van der Waals surface area contributed by atoms with Gasteiger partial charge in [0.05, 0.1) is 6.04 Å². The summed E-state index contributed by atoms with van der Waals surface area (Å²) in [5.74, 6) is -0.185. The Labute approximate surface area is 148 Å². The molecule has 3 rings (SSSR count). The van der Waals surface area contributed by atoms with Gasteiger partial charge in [0, 0.05) is 19.8 Å². The monoisotopic (exact) mass is 337 g/mol. The molecule has 1 fully saturated rings. The van der Waals surface area contributed by atoms with Crippen LogP contribution >= 0.6 is 0 Å². The molecule has 25 heavy (non-hydrogen) atoms. The molecule has 1 aliphatic heterocycles. The van der Waals surface area contributed by atoms with Gasteiger partial charge in [-0.15, -0.1) is 0 Å². The summed E-state index contributed by atoms with van der Waals surface area (Å²) in [6, 6.07) is 14.7. The Balaban J connectivity index is 1.75. The zero-order valence-electron chi connectivity index (χ0n) is 14.6. The molecule has 5 nitrogen and oxygen atoms in total. The molecule has 130 valence electrons. The molecule has 1 aromatic carbocycles. The molecule has 1 aromatic heterocycles. The third-order valence-corrected chi connectivity index (χ3v) is 4.89. The van der Waals surface area contributed by atoms with Crippen LogP contribution in [0.1, 0.15) is 41.9 Å². The van der Waals surface area contributed by atoms with E-state index in [-0.39, 0.29) is 17.9 Å². The fraction of sp³-hybridized carbons (Fsp3) is 0.350. The Morgan fingerprint density at radius 2 is 1.88 bits per heavy atom. The van der Waals surface area contributed by atoms with Crippen molar-refractivity contribution in [3.63, 3.8) is 0 Å². The summed E-state index contributed by atoms with van der Waals surface area (Å²) in [5, 5.41) is 0. The highest BCUT2D eigenvalue weighted by Crippen LogP contribution is 2.25. The molecule has 0 radical (unpaired) electrons. The average molecular weight is 337 g/mol. The average Bonchev–Trinajstić information content (AvgIpc) is 3.16. The van der Waals surface area contributed by atoms with Crippen molar-refractivity contribution in [3.05, 3.63) is 66.0 Å². The van der Waals surface area contributed by atoms with E-state index >= 15 is 0 Å². The highest BCUT2D eigenvalue weighted by molar-refractivity contribution is 5.96. The Bertz CT molecular complexity index is 733. The molecular weight excluding hydrogens is 314 g/mol. The van der Waals surface area contributed by atoms with Gasteiger partial charge in [-0.05, 0) is 37.5 Å². The van der Waals surface area contributed by atoms with Crippen molar-refractivity contribution in [1.82, 2.24) is 14.8 Å². The van der Waals surface area contributed by atoms with E-state index in [2.05, 4.69) is 4.98 Å². The van der Waals surface area contributed by atoms with Crippen LogP contribution in [0, 0.1) is 0 Å². The first-order valence-corrected chi connectivity index (χ1v) is 8.63. The van der Waals surface area contributed by atoms with Gasteiger partial charge < -0.3 is 9.80 Å². The van der Waals surface area contributed by atoms with Crippen LogP contribution in [0.25, 0.3) is 0 Å². The van der Waals surface area contributed by atoms with E-state index in [4.69, 9.17) is 0 Å². The highest BCUT2D eigenvalue weighted by atomic mass is 16.2. The number of likely N-dealkylation sites (tertiary alicyclic amines) is 1. The predicted molar refractivity (Wildman–Crippen MR) is 95.9 cm³/mol. The standard InChI is InChI=1S/C20H23N3O2/c1-15(16-9-4-3-5-10-16)22(2)20(25)18-12-8-14-23(18)19(24)17-11-6-7-13-21-17/h3-7,9-11,13,15,18H,8,12,14H2,1-2H3/t15?,18-/m0/s1. The van der Waals surface area contributed by atoms with Gasteiger partial charge >= 0.3 is 0 Å². The van der Waals surface area contributed by atoms with Crippen LogP contribution in [0.5, 0.6) is 0 Å². The van der Waals surface area contributed by atoms with Gasteiger partial charge in [0.1, 0.15) is 11.7 Å². The quantitative estimate of drug-likeness (QED) is 0.862. The van der Waals surface area contributed by atoms with Crippen molar-refractivity contribution in [2.24, 2.45) is 0 Å². The number of aromatic nitrogens is 1. The van der Waals surface area contributed by atoms with E-state index in [1.165, 1.54) is 0 Å². The molecule has 5 heteroatoms. The summed E-state index contributed by atoms with van der Waals surface area (Å²) in [7, 11) is 1.81. The Morgan fingerprint density at radius 3 is 2.56 bits per heavy atom. The Morgan fingerprint density at radius 1 is 1.16 bits per heavy atom. The van der Waals surface area contributed by atoms with Gasteiger partial charge in [0.15, 0.2) is 0 Å². The van der Waals surface area contributed by atoms with Crippen molar-refractivity contribution in [3.8, 4) is 0 Å². The number of nitrogens with zero attached hydrogens (tertiary/aromatic N) is 3. The second-order valence-corrected chi connectivity index (χ2v) is 6.41. The van der Waals surface area contributed by atoms with Crippen molar-refractivity contribution in [2.45, 2.75) is 31.8 Å². The van der Waals surface area contributed by atoms with Crippen LogP contribution in [-0.4, -0.2) is 46.2 Å². The van der Waals surface area contributed by atoms with E-state index in [1.54, 1.807) is 34.2 Å². The zero-order chi connectivity index (χ0) is 17.8. The van der Waals surface area contributed by atoms with E-state index in [9.17, 15) is 9.59 Å². The minimum Gasteiger partial charge on any atom is -0.337 e. The minimum atomic E-state index is -0.411. The van der Waals surface area contributed by atoms with Gasteiger partial charge in [-0.1, -0.05) is 36.4 Å². The molecule has 2 amide bonds. The van der Waals surface area contributed by atoms with Crippen molar-refractivity contribution < 1.29 is 9.59 Å². The number of benzene rings is 1. The molecule has 1 aliphatic rings. The fourth-order valence-corrected chi connectivity index (χ4v) is 3.28. The lowest BCUT2D eigenvalue weighted by atomic mass is 10.1. The number of hydrogen-bond acceptors (Lipinski definition) is 3. The van der Waals surface area contributed by atoms with Crippen molar-refractivity contribution in [1.29, 1.82) is 0 Å². The van der Waals surface area contributed by atoms with Crippen LogP contribution in [0.4, 0.5) is 0 Å². The number of carbonyl (C=O) groups excluding carboxylic acids is 2. The van der Waals surface area contributed by atoms with Crippen LogP contribution < -0.4 is 0 Å². The molecule has 0 bridgehead atoms. The molecule has 0 N–H and O–H groups in total.